The van der Waals surface area contributed by atoms with Crippen molar-refractivity contribution < 1.29 is 4.74 Å². The molecule has 1 heterocycles. The third-order valence-corrected chi connectivity index (χ3v) is 3.90. The number of benzene rings is 1. The van der Waals surface area contributed by atoms with E-state index in [1.807, 2.05) is 37.3 Å². The zero-order valence-corrected chi connectivity index (χ0v) is 13.2. The molecule has 0 atom stereocenters. The third-order valence-electron chi connectivity index (χ3n) is 2.45. The van der Waals surface area contributed by atoms with Gasteiger partial charge in [0.15, 0.2) is 0 Å². The van der Waals surface area contributed by atoms with Gasteiger partial charge in [0.2, 0.25) is 0 Å². The summed E-state index contributed by atoms with van der Waals surface area (Å²) in [5, 5.41) is 3.25. The van der Waals surface area contributed by atoms with Crippen molar-refractivity contribution >= 4 is 43.4 Å². The summed E-state index contributed by atoms with van der Waals surface area (Å²) in [6, 6.07) is 9.71. The summed E-state index contributed by atoms with van der Waals surface area (Å²) < 4.78 is 7.10. The number of hydrogen-bond donors (Lipinski definition) is 1. The molecule has 2 aromatic rings. The number of ether oxygens (including phenoxy) is 1. The fourth-order valence-electron chi connectivity index (χ4n) is 1.51. The molecule has 0 unspecified atom stereocenters. The van der Waals surface area contributed by atoms with Crippen molar-refractivity contribution in [1.82, 2.24) is 4.98 Å². The van der Waals surface area contributed by atoms with Gasteiger partial charge in [-0.3, -0.25) is 0 Å². The molecule has 0 aliphatic rings. The highest BCUT2D eigenvalue weighted by atomic mass is 79.9. The maximum atomic E-state index is 5.19. The minimum absolute atomic E-state index is 0.806. The SMILES string of the molecule is COc1ccc(Nc2ccc(Br)c(C)n2)cc1Br. The van der Waals surface area contributed by atoms with Crippen LogP contribution >= 0.6 is 31.9 Å². The molecule has 0 aliphatic carbocycles. The number of anilines is 2. The molecule has 94 valence electrons. The van der Waals surface area contributed by atoms with Crippen molar-refractivity contribution in [2.75, 3.05) is 12.4 Å². The highest BCUT2D eigenvalue weighted by Gasteiger charge is 2.03. The Balaban J connectivity index is 2.23. The van der Waals surface area contributed by atoms with E-state index in [0.29, 0.717) is 0 Å². The summed E-state index contributed by atoms with van der Waals surface area (Å²) in [4.78, 5) is 4.44. The van der Waals surface area contributed by atoms with Gasteiger partial charge in [0.25, 0.3) is 0 Å². The van der Waals surface area contributed by atoms with Crippen molar-refractivity contribution in [2.45, 2.75) is 6.92 Å². The summed E-state index contributed by atoms with van der Waals surface area (Å²) >= 11 is 6.88. The summed E-state index contributed by atoms with van der Waals surface area (Å²) in [7, 11) is 1.65. The average molecular weight is 372 g/mol. The molecule has 3 nitrogen and oxygen atoms in total. The van der Waals surface area contributed by atoms with Crippen LogP contribution in [-0.2, 0) is 0 Å². The van der Waals surface area contributed by atoms with Crippen molar-refractivity contribution in [3.8, 4) is 5.75 Å². The van der Waals surface area contributed by atoms with E-state index in [-0.39, 0.29) is 0 Å². The Labute approximate surface area is 123 Å². The zero-order valence-electron chi connectivity index (χ0n) is 10.00. The average Bonchev–Trinajstić information content (AvgIpc) is 2.34. The number of pyridine rings is 1. The molecule has 0 fully saturated rings. The van der Waals surface area contributed by atoms with Gasteiger partial charge < -0.3 is 10.1 Å². The van der Waals surface area contributed by atoms with Crippen LogP contribution in [0.4, 0.5) is 11.5 Å². The second-order valence-corrected chi connectivity index (χ2v) is 5.45. The quantitative estimate of drug-likeness (QED) is 0.851. The highest BCUT2D eigenvalue weighted by Crippen LogP contribution is 2.29. The van der Waals surface area contributed by atoms with E-state index in [9.17, 15) is 0 Å². The predicted octanol–water partition coefficient (Wildman–Crippen LogP) is 4.67. The van der Waals surface area contributed by atoms with E-state index in [0.717, 1.165) is 31.9 Å². The van der Waals surface area contributed by atoms with E-state index in [1.165, 1.54) is 0 Å². The smallest absolute Gasteiger partial charge is 0.133 e. The standard InChI is InChI=1S/C13H12Br2N2O/c1-8-10(14)4-6-13(16-8)17-9-3-5-12(18-2)11(15)7-9/h3-7H,1-2H3,(H,16,17). The third kappa shape index (κ3) is 3.03. The summed E-state index contributed by atoms with van der Waals surface area (Å²) in [6.45, 7) is 1.96. The predicted molar refractivity (Wildman–Crippen MR) is 80.7 cm³/mol. The molecule has 0 amide bonds. The highest BCUT2D eigenvalue weighted by molar-refractivity contribution is 9.10. The molecular formula is C13H12Br2N2O. The summed E-state index contributed by atoms with van der Waals surface area (Å²) in [5.41, 5.74) is 1.91. The monoisotopic (exact) mass is 370 g/mol. The van der Waals surface area contributed by atoms with Crippen molar-refractivity contribution in [1.29, 1.82) is 0 Å². The van der Waals surface area contributed by atoms with Crippen molar-refractivity contribution in [3.05, 3.63) is 45.0 Å². The number of aryl methyl sites for hydroxylation is 1. The largest absolute Gasteiger partial charge is 0.496 e. The van der Waals surface area contributed by atoms with Gasteiger partial charge in [-0.25, -0.2) is 4.98 Å². The van der Waals surface area contributed by atoms with Crippen LogP contribution in [0.15, 0.2) is 39.3 Å². The van der Waals surface area contributed by atoms with Crippen LogP contribution in [0.5, 0.6) is 5.75 Å². The van der Waals surface area contributed by atoms with Gasteiger partial charge in [-0.15, -0.1) is 0 Å². The number of methoxy groups -OCH3 is 1. The molecule has 18 heavy (non-hydrogen) atoms. The first kappa shape index (κ1) is 13.4. The molecule has 1 aromatic carbocycles. The van der Waals surface area contributed by atoms with Gasteiger partial charge in [-0.05, 0) is 69.1 Å². The van der Waals surface area contributed by atoms with Gasteiger partial charge >= 0.3 is 0 Å². The van der Waals surface area contributed by atoms with Crippen LogP contribution in [0, 0.1) is 6.92 Å². The molecule has 5 heteroatoms. The maximum absolute atomic E-state index is 5.19. The molecule has 2 rings (SSSR count). The Bertz CT molecular complexity index is 573. The lowest BCUT2D eigenvalue weighted by molar-refractivity contribution is 0.412. The topological polar surface area (TPSA) is 34.1 Å². The molecular weight excluding hydrogens is 360 g/mol. The Morgan fingerprint density at radius 3 is 2.50 bits per heavy atom. The van der Waals surface area contributed by atoms with E-state index in [2.05, 4.69) is 42.2 Å². The number of nitrogens with zero attached hydrogens (tertiary/aromatic N) is 1. The summed E-state index contributed by atoms with van der Waals surface area (Å²) in [6.07, 6.45) is 0. The van der Waals surface area contributed by atoms with Crippen LogP contribution in [0.2, 0.25) is 0 Å². The Kier molecular flexibility index (Phi) is 4.24. The number of aromatic nitrogens is 1. The molecule has 0 aliphatic heterocycles. The minimum atomic E-state index is 0.806. The number of halogens is 2. The minimum Gasteiger partial charge on any atom is -0.496 e. The van der Waals surface area contributed by atoms with Crippen LogP contribution < -0.4 is 10.1 Å². The fourth-order valence-corrected chi connectivity index (χ4v) is 2.27. The zero-order chi connectivity index (χ0) is 13.1. The lowest BCUT2D eigenvalue weighted by atomic mass is 10.3. The van der Waals surface area contributed by atoms with Gasteiger partial charge in [0, 0.05) is 10.2 Å². The second-order valence-electron chi connectivity index (χ2n) is 3.74. The Morgan fingerprint density at radius 1 is 1.11 bits per heavy atom. The van der Waals surface area contributed by atoms with Gasteiger partial charge in [-0.1, -0.05) is 0 Å². The van der Waals surface area contributed by atoms with Crippen LogP contribution in [0.3, 0.4) is 0 Å². The van der Waals surface area contributed by atoms with Gasteiger partial charge in [-0.2, -0.15) is 0 Å². The molecule has 0 bridgehead atoms. The lowest BCUT2D eigenvalue weighted by Gasteiger charge is -2.09. The lowest BCUT2D eigenvalue weighted by Crippen LogP contribution is -1.95. The maximum Gasteiger partial charge on any atom is 0.133 e. The number of rotatable bonds is 3. The van der Waals surface area contributed by atoms with Crippen molar-refractivity contribution in [2.24, 2.45) is 0 Å². The van der Waals surface area contributed by atoms with Gasteiger partial charge in [0.05, 0.1) is 17.3 Å². The fraction of sp³-hybridized carbons (Fsp3) is 0.154. The second kappa shape index (κ2) is 5.71. The first-order valence-electron chi connectivity index (χ1n) is 5.34. The molecule has 0 saturated carbocycles. The molecule has 1 aromatic heterocycles. The van der Waals surface area contributed by atoms with Crippen LogP contribution in [-0.4, -0.2) is 12.1 Å². The Morgan fingerprint density at radius 2 is 1.89 bits per heavy atom. The van der Waals surface area contributed by atoms with E-state index in [4.69, 9.17) is 4.74 Å². The number of nitrogens with one attached hydrogen (secondary N) is 1. The van der Waals surface area contributed by atoms with E-state index in [1.54, 1.807) is 7.11 Å². The molecule has 0 radical (unpaired) electrons. The van der Waals surface area contributed by atoms with E-state index < -0.39 is 0 Å². The van der Waals surface area contributed by atoms with Gasteiger partial charge in [0.1, 0.15) is 11.6 Å². The Hall–Kier alpha value is -1.07. The van der Waals surface area contributed by atoms with E-state index >= 15 is 0 Å². The molecule has 1 N–H and O–H groups in total. The van der Waals surface area contributed by atoms with Crippen molar-refractivity contribution in [3.63, 3.8) is 0 Å². The molecule has 0 spiro atoms. The normalized spacial score (nSPS) is 10.2. The molecule has 0 saturated heterocycles. The first-order chi connectivity index (χ1) is 8.60. The first-order valence-corrected chi connectivity index (χ1v) is 6.92. The summed E-state index contributed by atoms with van der Waals surface area (Å²) in [5.74, 6) is 1.62. The van der Waals surface area contributed by atoms with Crippen LogP contribution in [0.1, 0.15) is 5.69 Å². The van der Waals surface area contributed by atoms with Crippen LogP contribution in [0.25, 0.3) is 0 Å². The number of hydrogen-bond acceptors (Lipinski definition) is 3.